The Bertz CT molecular complexity index is 703. The summed E-state index contributed by atoms with van der Waals surface area (Å²) in [6, 6.07) is 15.5. The van der Waals surface area contributed by atoms with Crippen molar-refractivity contribution >= 4 is 17.4 Å². The third kappa shape index (κ3) is 4.09. The van der Waals surface area contributed by atoms with Gasteiger partial charge in [0.2, 0.25) is 0 Å². The van der Waals surface area contributed by atoms with Crippen LogP contribution in [0.3, 0.4) is 0 Å². The van der Waals surface area contributed by atoms with E-state index in [1.54, 1.807) is 0 Å². The van der Waals surface area contributed by atoms with Crippen molar-refractivity contribution in [2.45, 2.75) is 19.8 Å². The summed E-state index contributed by atoms with van der Waals surface area (Å²) >= 11 is 6.13. The van der Waals surface area contributed by atoms with Gasteiger partial charge in [0.25, 0.3) is 0 Å². The number of amidine groups is 1. The van der Waals surface area contributed by atoms with Crippen molar-refractivity contribution in [2.75, 3.05) is 6.54 Å². The molecule has 0 aromatic heterocycles. The normalized spacial score (nSPS) is 10.0. The molecule has 112 valence electrons. The second kappa shape index (κ2) is 7.63. The number of hydrogen-bond donors (Lipinski definition) is 1. The smallest absolute Gasteiger partial charge is 0.185 e. The maximum absolute atomic E-state index is 9.29. The van der Waals surface area contributed by atoms with E-state index in [4.69, 9.17) is 17.0 Å². The van der Waals surface area contributed by atoms with Gasteiger partial charge in [-0.05, 0) is 36.1 Å². The van der Waals surface area contributed by atoms with Crippen LogP contribution >= 0.6 is 11.6 Å². The first-order valence-electron chi connectivity index (χ1n) is 7.14. The molecule has 0 aliphatic rings. The van der Waals surface area contributed by atoms with Crippen LogP contribution in [0.25, 0.3) is 0 Å². The van der Waals surface area contributed by atoms with Gasteiger partial charge in [-0.3, -0.25) is 10.3 Å². The SMILES string of the molecule is Cc1ccccc1CC(=N)N(C#N)CCc1ccccc1Cl. The summed E-state index contributed by atoms with van der Waals surface area (Å²) in [6.45, 7) is 2.48. The van der Waals surface area contributed by atoms with E-state index in [0.717, 1.165) is 16.7 Å². The summed E-state index contributed by atoms with van der Waals surface area (Å²) in [6.07, 6.45) is 3.20. The minimum Gasteiger partial charge on any atom is -0.287 e. The molecule has 0 saturated carbocycles. The van der Waals surface area contributed by atoms with E-state index in [1.807, 2.05) is 55.5 Å². The Labute approximate surface area is 136 Å². The molecule has 4 heteroatoms. The van der Waals surface area contributed by atoms with Gasteiger partial charge in [-0.15, -0.1) is 0 Å². The van der Waals surface area contributed by atoms with E-state index in [2.05, 4.69) is 6.19 Å². The molecular weight excluding hydrogens is 294 g/mol. The van der Waals surface area contributed by atoms with E-state index in [9.17, 15) is 5.26 Å². The molecule has 3 nitrogen and oxygen atoms in total. The first-order valence-corrected chi connectivity index (χ1v) is 7.52. The zero-order valence-corrected chi connectivity index (χ0v) is 13.3. The van der Waals surface area contributed by atoms with Gasteiger partial charge in [-0.1, -0.05) is 54.1 Å². The Balaban J connectivity index is 2.00. The number of nitrogens with zero attached hydrogens (tertiary/aromatic N) is 2. The van der Waals surface area contributed by atoms with E-state index in [0.29, 0.717) is 30.2 Å². The van der Waals surface area contributed by atoms with Crippen LogP contribution in [-0.2, 0) is 12.8 Å². The van der Waals surface area contributed by atoms with Crippen molar-refractivity contribution in [2.24, 2.45) is 0 Å². The molecule has 0 atom stereocenters. The third-order valence-corrected chi connectivity index (χ3v) is 4.00. The zero-order valence-electron chi connectivity index (χ0n) is 12.5. The zero-order chi connectivity index (χ0) is 15.9. The number of benzene rings is 2. The highest BCUT2D eigenvalue weighted by Crippen LogP contribution is 2.16. The molecule has 0 spiro atoms. The Morgan fingerprint density at radius 2 is 1.77 bits per heavy atom. The molecule has 0 bridgehead atoms. The molecule has 2 aromatic rings. The van der Waals surface area contributed by atoms with Crippen molar-refractivity contribution in [3.63, 3.8) is 0 Å². The van der Waals surface area contributed by atoms with Crippen LogP contribution in [0.5, 0.6) is 0 Å². The maximum atomic E-state index is 9.29. The predicted molar refractivity (Wildman–Crippen MR) is 90.1 cm³/mol. The Hall–Kier alpha value is -2.31. The maximum Gasteiger partial charge on any atom is 0.185 e. The van der Waals surface area contributed by atoms with Gasteiger partial charge in [0.15, 0.2) is 6.19 Å². The van der Waals surface area contributed by atoms with Crippen LogP contribution in [0.15, 0.2) is 48.5 Å². The highest BCUT2D eigenvalue weighted by Gasteiger charge is 2.11. The van der Waals surface area contributed by atoms with Crippen LogP contribution in [-0.4, -0.2) is 17.3 Å². The van der Waals surface area contributed by atoms with Crippen molar-refractivity contribution < 1.29 is 0 Å². The van der Waals surface area contributed by atoms with Crippen molar-refractivity contribution in [3.05, 3.63) is 70.2 Å². The molecule has 0 radical (unpaired) electrons. The third-order valence-electron chi connectivity index (χ3n) is 3.63. The molecular formula is C18H18ClN3. The monoisotopic (exact) mass is 311 g/mol. The van der Waals surface area contributed by atoms with Gasteiger partial charge >= 0.3 is 0 Å². The molecule has 2 rings (SSSR count). The fourth-order valence-corrected chi connectivity index (χ4v) is 2.49. The minimum absolute atomic E-state index is 0.309. The summed E-state index contributed by atoms with van der Waals surface area (Å²) in [5, 5.41) is 18.2. The average Bonchev–Trinajstić information content (AvgIpc) is 2.52. The summed E-state index contributed by atoms with van der Waals surface area (Å²) in [5.41, 5.74) is 3.20. The van der Waals surface area contributed by atoms with Crippen molar-refractivity contribution in [3.8, 4) is 6.19 Å². The van der Waals surface area contributed by atoms with Gasteiger partial charge in [0.1, 0.15) is 5.84 Å². The van der Waals surface area contributed by atoms with Crippen LogP contribution in [0, 0.1) is 23.8 Å². The minimum atomic E-state index is 0.309. The number of nitrogens with one attached hydrogen (secondary N) is 1. The summed E-state index contributed by atoms with van der Waals surface area (Å²) in [5.74, 6) is 0.309. The number of aryl methyl sites for hydroxylation is 1. The topological polar surface area (TPSA) is 50.9 Å². The fourth-order valence-electron chi connectivity index (χ4n) is 2.26. The molecule has 0 aliphatic carbocycles. The van der Waals surface area contributed by atoms with Gasteiger partial charge in [0.05, 0.1) is 0 Å². The van der Waals surface area contributed by atoms with E-state index in [1.165, 1.54) is 4.90 Å². The lowest BCUT2D eigenvalue weighted by Gasteiger charge is -2.17. The summed E-state index contributed by atoms with van der Waals surface area (Å²) < 4.78 is 0. The Kier molecular flexibility index (Phi) is 5.57. The highest BCUT2D eigenvalue weighted by atomic mass is 35.5. The second-order valence-corrected chi connectivity index (χ2v) is 5.55. The largest absolute Gasteiger partial charge is 0.287 e. The Morgan fingerprint density at radius 1 is 1.14 bits per heavy atom. The number of nitriles is 1. The average molecular weight is 312 g/mol. The standard InChI is InChI=1S/C18H18ClN3/c1-14-6-2-3-8-16(14)12-18(21)22(13-20)11-10-15-7-4-5-9-17(15)19/h2-9,21H,10-12H2,1H3. The number of halogens is 1. The van der Waals surface area contributed by atoms with Crippen LogP contribution < -0.4 is 0 Å². The van der Waals surface area contributed by atoms with Crippen molar-refractivity contribution in [1.82, 2.24) is 4.90 Å². The second-order valence-electron chi connectivity index (χ2n) is 5.14. The molecule has 0 aliphatic heterocycles. The highest BCUT2D eigenvalue weighted by molar-refractivity contribution is 6.31. The molecule has 0 fully saturated rings. The molecule has 0 amide bonds. The first-order chi connectivity index (χ1) is 10.6. The molecule has 2 aromatic carbocycles. The lowest BCUT2D eigenvalue weighted by atomic mass is 10.0. The first kappa shape index (κ1) is 16.1. The quantitative estimate of drug-likeness (QED) is 0.389. The summed E-state index contributed by atoms with van der Waals surface area (Å²) in [4.78, 5) is 1.43. The van der Waals surface area contributed by atoms with E-state index < -0.39 is 0 Å². The van der Waals surface area contributed by atoms with Crippen LogP contribution in [0.2, 0.25) is 5.02 Å². The molecule has 0 saturated heterocycles. The molecule has 0 heterocycles. The van der Waals surface area contributed by atoms with Crippen LogP contribution in [0.4, 0.5) is 0 Å². The lowest BCUT2D eigenvalue weighted by molar-refractivity contribution is 0.561. The van der Waals surface area contributed by atoms with Gasteiger partial charge < -0.3 is 0 Å². The lowest BCUT2D eigenvalue weighted by Crippen LogP contribution is -2.29. The van der Waals surface area contributed by atoms with E-state index >= 15 is 0 Å². The van der Waals surface area contributed by atoms with Gasteiger partial charge in [0, 0.05) is 18.0 Å². The van der Waals surface area contributed by atoms with Gasteiger partial charge in [-0.2, -0.15) is 5.26 Å². The predicted octanol–water partition coefficient (Wildman–Crippen LogP) is 4.19. The number of hydrogen-bond acceptors (Lipinski definition) is 2. The summed E-state index contributed by atoms with van der Waals surface area (Å²) in [7, 11) is 0. The molecule has 0 unspecified atom stereocenters. The fraction of sp³-hybridized carbons (Fsp3) is 0.222. The van der Waals surface area contributed by atoms with E-state index in [-0.39, 0.29) is 0 Å². The van der Waals surface area contributed by atoms with Crippen molar-refractivity contribution in [1.29, 1.82) is 10.7 Å². The molecule has 1 N–H and O–H groups in total. The van der Waals surface area contributed by atoms with Gasteiger partial charge in [-0.25, -0.2) is 0 Å². The molecule has 22 heavy (non-hydrogen) atoms. The Morgan fingerprint density at radius 3 is 2.41 bits per heavy atom. The van der Waals surface area contributed by atoms with Crippen LogP contribution in [0.1, 0.15) is 16.7 Å². The number of rotatable bonds is 5.